The number of benzene rings is 1. The largest absolute Gasteiger partial charge is 0.378 e. The fourth-order valence-electron chi connectivity index (χ4n) is 2.97. The summed E-state index contributed by atoms with van der Waals surface area (Å²) >= 11 is 0. The highest BCUT2D eigenvalue weighted by Crippen LogP contribution is 2.22. The minimum absolute atomic E-state index is 0.320. The summed E-state index contributed by atoms with van der Waals surface area (Å²) in [5, 5.41) is 7.99. The Morgan fingerprint density at radius 2 is 1.96 bits per heavy atom. The molecule has 5 heteroatoms. The monoisotopic (exact) mass is 314 g/mol. The Bertz CT molecular complexity index is 593. The summed E-state index contributed by atoms with van der Waals surface area (Å²) in [7, 11) is 0. The van der Waals surface area contributed by atoms with Crippen LogP contribution in [0.4, 0.5) is 5.69 Å². The number of nitrogens with zero attached hydrogens (tertiary/aromatic N) is 3. The number of nitrogens with one attached hydrogen (secondary N) is 1. The first kappa shape index (κ1) is 16.0. The predicted octanol–water partition coefficient (Wildman–Crippen LogP) is 2.46. The SMILES string of the molecule is C[C@H](NCc1ccccc1N1CCOCC1)[C@H](C)n1cccn1. The van der Waals surface area contributed by atoms with Gasteiger partial charge in [-0.2, -0.15) is 5.10 Å². The molecule has 2 heterocycles. The standard InChI is InChI=1S/C18H26N4O/c1-15(16(2)22-9-5-8-20-22)19-14-17-6-3-4-7-18(17)21-10-12-23-13-11-21/h3-9,15-16,19H,10-14H2,1-2H3/t15-,16-/m0/s1. The maximum Gasteiger partial charge on any atom is 0.0642 e. The van der Waals surface area contributed by atoms with E-state index >= 15 is 0 Å². The van der Waals surface area contributed by atoms with Gasteiger partial charge in [0.25, 0.3) is 0 Å². The van der Waals surface area contributed by atoms with E-state index < -0.39 is 0 Å². The molecule has 3 rings (SSSR count). The predicted molar refractivity (Wildman–Crippen MR) is 92.7 cm³/mol. The molecule has 0 spiro atoms. The van der Waals surface area contributed by atoms with E-state index in [1.807, 2.05) is 23.1 Å². The van der Waals surface area contributed by atoms with E-state index in [0.717, 1.165) is 32.8 Å². The van der Waals surface area contributed by atoms with Gasteiger partial charge in [-0.1, -0.05) is 18.2 Å². The fraction of sp³-hybridized carbons (Fsp3) is 0.500. The first-order chi connectivity index (χ1) is 11.3. The molecule has 1 fully saturated rings. The van der Waals surface area contributed by atoms with Gasteiger partial charge in [0.2, 0.25) is 0 Å². The Kier molecular flexibility index (Phi) is 5.31. The third-order valence-electron chi connectivity index (χ3n) is 4.62. The first-order valence-corrected chi connectivity index (χ1v) is 8.39. The maximum absolute atomic E-state index is 5.47. The average Bonchev–Trinajstić information content (AvgIpc) is 3.14. The van der Waals surface area contributed by atoms with Crippen LogP contribution < -0.4 is 10.2 Å². The van der Waals surface area contributed by atoms with Gasteiger partial charge in [-0.05, 0) is 31.5 Å². The van der Waals surface area contributed by atoms with Crippen molar-refractivity contribution < 1.29 is 4.74 Å². The topological polar surface area (TPSA) is 42.3 Å². The fourth-order valence-corrected chi connectivity index (χ4v) is 2.97. The second-order valence-corrected chi connectivity index (χ2v) is 6.12. The van der Waals surface area contributed by atoms with Crippen LogP contribution in [0, 0.1) is 0 Å². The summed E-state index contributed by atoms with van der Waals surface area (Å²) in [4.78, 5) is 2.42. The molecule has 1 saturated heterocycles. The van der Waals surface area contributed by atoms with Crippen LogP contribution >= 0.6 is 0 Å². The highest BCUT2D eigenvalue weighted by Gasteiger charge is 2.17. The summed E-state index contributed by atoms with van der Waals surface area (Å²) < 4.78 is 7.47. The molecule has 5 nitrogen and oxygen atoms in total. The van der Waals surface area contributed by atoms with Gasteiger partial charge in [-0.3, -0.25) is 4.68 Å². The van der Waals surface area contributed by atoms with Gasteiger partial charge in [-0.15, -0.1) is 0 Å². The summed E-state index contributed by atoms with van der Waals surface area (Å²) in [6.45, 7) is 8.83. The molecule has 0 bridgehead atoms. The summed E-state index contributed by atoms with van der Waals surface area (Å²) in [6, 6.07) is 11.3. The second kappa shape index (κ2) is 7.62. The van der Waals surface area contributed by atoms with Crippen LogP contribution in [0.2, 0.25) is 0 Å². The van der Waals surface area contributed by atoms with Crippen molar-refractivity contribution in [2.45, 2.75) is 32.5 Å². The van der Waals surface area contributed by atoms with Gasteiger partial charge >= 0.3 is 0 Å². The van der Waals surface area contributed by atoms with Crippen LogP contribution in [-0.4, -0.2) is 42.1 Å². The number of para-hydroxylation sites is 1. The van der Waals surface area contributed by atoms with Gasteiger partial charge in [0.1, 0.15) is 0 Å². The molecule has 1 aromatic carbocycles. The Labute approximate surface area is 138 Å². The number of hydrogen-bond acceptors (Lipinski definition) is 4. The van der Waals surface area contributed by atoms with Gasteiger partial charge in [0.15, 0.2) is 0 Å². The molecule has 0 unspecified atom stereocenters. The van der Waals surface area contributed by atoms with E-state index in [0.29, 0.717) is 12.1 Å². The molecule has 2 atom stereocenters. The van der Waals surface area contributed by atoms with Crippen LogP contribution in [0.25, 0.3) is 0 Å². The highest BCUT2D eigenvalue weighted by molar-refractivity contribution is 5.53. The molecular formula is C18H26N4O. The minimum atomic E-state index is 0.320. The normalized spacial score (nSPS) is 17.9. The van der Waals surface area contributed by atoms with Crippen molar-refractivity contribution in [3.8, 4) is 0 Å². The molecule has 0 radical (unpaired) electrons. The van der Waals surface area contributed by atoms with Crippen molar-refractivity contribution in [1.29, 1.82) is 0 Å². The zero-order valence-corrected chi connectivity index (χ0v) is 14.0. The molecule has 0 amide bonds. The molecule has 1 N–H and O–H groups in total. The number of anilines is 1. The quantitative estimate of drug-likeness (QED) is 0.889. The molecule has 0 saturated carbocycles. The van der Waals surface area contributed by atoms with E-state index in [-0.39, 0.29) is 0 Å². The van der Waals surface area contributed by atoms with Crippen molar-refractivity contribution in [1.82, 2.24) is 15.1 Å². The van der Waals surface area contributed by atoms with Crippen LogP contribution in [0.15, 0.2) is 42.7 Å². The van der Waals surface area contributed by atoms with E-state index in [9.17, 15) is 0 Å². The maximum atomic E-state index is 5.47. The summed E-state index contributed by atoms with van der Waals surface area (Å²) in [5.74, 6) is 0. The molecule has 2 aromatic rings. The third-order valence-corrected chi connectivity index (χ3v) is 4.62. The van der Waals surface area contributed by atoms with Crippen LogP contribution in [0.5, 0.6) is 0 Å². The highest BCUT2D eigenvalue weighted by atomic mass is 16.5. The summed E-state index contributed by atoms with van der Waals surface area (Å²) in [5.41, 5.74) is 2.66. The van der Waals surface area contributed by atoms with E-state index in [1.54, 1.807) is 0 Å². The molecule has 1 aliphatic heterocycles. The lowest BCUT2D eigenvalue weighted by Gasteiger charge is -2.31. The van der Waals surface area contributed by atoms with E-state index in [2.05, 4.69) is 53.4 Å². The Hall–Kier alpha value is -1.85. The number of rotatable bonds is 6. The Morgan fingerprint density at radius 3 is 2.70 bits per heavy atom. The molecular weight excluding hydrogens is 288 g/mol. The second-order valence-electron chi connectivity index (χ2n) is 6.12. The zero-order valence-electron chi connectivity index (χ0n) is 14.0. The smallest absolute Gasteiger partial charge is 0.0642 e. The zero-order chi connectivity index (χ0) is 16.1. The number of hydrogen-bond donors (Lipinski definition) is 1. The molecule has 1 aromatic heterocycles. The van der Waals surface area contributed by atoms with Crippen LogP contribution in [0.1, 0.15) is 25.5 Å². The van der Waals surface area contributed by atoms with Crippen molar-refractivity contribution in [3.63, 3.8) is 0 Å². The van der Waals surface area contributed by atoms with Crippen molar-refractivity contribution in [2.75, 3.05) is 31.2 Å². The molecule has 1 aliphatic rings. The van der Waals surface area contributed by atoms with Gasteiger partial charge in [0.05, 0.1) is 19.3 Å². The van der Waals surface area contributed by atoms with E-state index in [1.165, 1.54) is 11.3 Å². The third kappa shape index (κ3) is 3.92. The van der Waals surface area contributed by atoms with Crippen LogP contribution in [-0.2, 0) is 11.3 Å². The van der Waals surface area contributed by atoms with Gasteiger partial charge < -0.3 is 15.0 Å². The molecule has 23 heavy (non-hydrogen) atoms. The number of aromatic nitrogens is 2. The molecule has 124 valence electrons. The summed E-state index contributed by atoms with van der Waals surface area (Å²) in [6.07, 6.45) is 3.85. The van der Waals surface area contributed by atoms with Gasteiger partial charge in [0, 0.05) is 43.8 Å². The van der Waals surface area contributed by atoms with Crippen LogP contribution in [0.3, 0.4) is 0 Å². The lowest BCUT2D eigenvalue weighted by atomic mass is 10.1. The minimum Gasteiger partial charge on any atom is -0.378 e. The van der Waals surface area contributed by atoms with Crippen molar-refractivity contribution >= 4 is 5.69 Å². The number of ether oxygens (including phenoxy) is 1. The first-order valence-electron chi connectivity index (χ1n) is 8.39. The van der Waals surface area contributed by atoms with E-state index in [4.69, 9.17) is 4.74 Å². The van der Waals surface area contributed by atoms with Crippen molar-refractivity contribution in [2.24, 2.45) is 0 Å². The molecule has 0 aliphatic carbocycles. The van der Waals surface area contributed by atoms with Crippen molar-refractivity contribution in [3.05, 3.63) is 48.3 Å². The Morgan fingerprint density at radius 1 is 1.17 bits per heavy atom. The Balaban J connectivity index is 1.63. The lowest BCUT2D eigenvalue weighted by Crippen LogP contribution is -2.38. The number of morpholine rings is 1. The average molecular weight is 314 g/mol. The lowest BCUT2D eigenvalue weighted by molar-refractivity contribution is 0.122. The van der Waals surface area contributed by atoms with Gasteiger partial charge in [-0.25, -0.2) is 0 Å².